The summed E-state index contributed by atoms with van der Waals surface area (Å²) in [5.74, 6) is -0.598. The van der Waals surface area contributed by atoms with Crippen molar-refractivity contribution in [3.8, 4) is 0 Å². The van der Waals surface area contributed by atoms with Crippen molar-refractivity contribution in [3.63, 3.8) is 0 Å². The summed E-state index contributed by atoms with van der Waals surface area (Å²) in [7, 11) is 0. The first-order valence-corrected chi connectivity index (χ1v) is 6.66. The largest absolute Gasteiger partial charge is 0.320 e. The Balaban J connectivity index is 2.53. The van der Waals surface area contributed by atoms with Gasteiger partial charge in [0.2, 0.25) is 0 Å². The topological polar surface area (TPSA) is 26.0 Å². The lowest BCUT2D eigenvalue weighted by Gasteiger charge is -2.19. The molecule has 1 unspecified atom stereocenters. The third kappa shape index (κ3) is 2.85. The zero-order valence-corrected chi connectivity index (χ0v) is 12.3. The Labute approximate surface area is 119 Å². The van der Waals surface area contributed by atoms with E-state index in [1.807, 2.05) is 13.8 Å². The molecule has 0 radical (unpaired) electrons. The van der Waals surface area contributed by atoms with Gasteiger partial charge < -0.3 is 5.73 Å². The molecular weight excluding hydrogens is 312 g/mol. The predicted molar refractivity (Wildman–Crippen MR) is 76.0 cm³/mol. The van der Waals surface area contributed by atoms with Crippen molar-refractivity contribution >= 4 is 15.9 Å². The zero-order chi connectivity index (χ0) is 14.2. The highest BCUT2D eigenvalue weighted by molar-refractivity contribution is 9.10. The van der Waals surface area contributed by atoms with Crippen LogP contribution >= 0.6 is 15.9 Å². The van der Waals surface area contributed by atoms with Crippen molar-refractivity contribution in [1.82, 2.24) is 0 Å². The van der Waals surface area contributed by atoms with Gasteiger partial charge in [0.25, 0.3) is 0 Å². The molecule has 0 aliphatic carbocycles. The van der Waals surface area contributed by atoms with Crippen LogP contribution in [0, 0.1) is 25.5 Å². The quantitative estimate of drug-likeness (QED) is 0.870. The second kappa shape index (κ2) is 5.39. The Morgan fingerprint density at radius 3 is 2.11 bits per heavy atom. The lowest BCUT2D eigenvalue weighted by atomic mass is 9.92. The highest BCUT2D eigenvalue weighted by Gasteiger charge is 2.17. The number of nitrogens with two attached hydrogens (primary N) is 1. The van der Waals surface area contributed by atoms with Gasteiger partial charge in [-0.3, -0.25) is 0 Å². The molecule has 4 heteroatoms. The summed E-state index contributed by atoms with van der Waals surface area (Å²) in [6.45, 7) is 3.64. The van der Waals surface area contributed by atoms with E-state index in [0.717, 1.165) is 22.3 Å². The van der Waals surface area contributed by atoms with E-state index in [-0.39, 0.29) is 11.6 Å². The van der Waals surface area contributed by atoms with E-state index in [1.54, 1.807) is 6.07 Å². The third-order valence-corrected chi connectivity index (χ3v) is 3.85. The lowest BCUT2D eigenvalue weighted by molar-refractivity contribution is 0.622. The normalized spacial score (nSPS) is 12.5. The maximum Gasteiger partial charge on any atom is 0.124 e. The fourth-order valence-electron chi connectivity index (χ4n) is 2.32. The van der Waals surface area contributed by atoms with Crippen LogP contribution in [0.4, 0.5) is 8.78 Å². The molecule has 0 aliphatic heterocycles. The molecule has 0 bridgehead atoms. The van der Waals surface area contributed by atoms with E-state index < -0.39 is 6.04 Å². The number of hydrogen-bond donors (Lipinski definition) is 1. The molecule has 1 nitrogen and oxygen atoms in total. The van der Waals surface area contributed by atoms with Gasteiger partial charge in [-0.1, -0.05) is 22.0 Å². The molecule has 0 amide bonds. The van der Waals surface area contributed by atoms with Crippen LogP contribution in [0.25, 0.3) is 0 Å². The van der Waals surface area contributed by atoms with Gasteiger partial charge in [0.05, 0.1) is 6.04 Å². The van der Waals surface area contributed by atoms with E-state index in [1.165, 1.54) is 24.3 Å². The number of aryl methyl sites for hydroxylation is 2. The fraction of sp³-hybridized carbons (Fsp3) is 0.200. The van der Waals surface area contributed by atoms with Crippen LogP contribution in [0.5, 0.6) is 0 Å². The molecule has 0 saturated carbocycles. The van der Waals surface area contributed by atoms with Crippen LogP contribution in [0.3, 0.4) is 0 Å². The minimum absolute atomic E-state index is 0.274. The highest BCUT2D eigenvalue weighted by atomic mass is 79.9. The first-order chi connectivity index (χ1) is 8.90. The van der Waals surface area contributed by atoms with Crippen LogP contribution in [0.2, 0.25) is 0 Å². The molecule has 0 heterocycles. The van der Waals surface area contributed by atoms with Crippen molar-refractivity contribution in [2.45, 2.75) is 19.9 Å². The van der Waals surface area contributed by atoms with E-state index in [2.05, 4.69) is 15.9 Å². The van der Waals surface area contributed by atoms with E-state index in [0.29, 0.717) is 4.47 Å². The summed E-state index contributed by atoms with van der Waals surface area (Å²) in [5.41, 5.74) is 9.48. The molecule has 0 fully saturated rings. The van der Waals surface area contributed by atoms with Crippen LogP contribution < -0.4 is 5.73 Å². The van der Waals surface area contributed by atoms with Crippen molar-refractivity contribution in [2.24, 2.45) is 5.73 Å². The van der Waals surface area contributed by atoms with E-state index >= 15 is 0 Å². The number of rotatable bonds is 2. The van der Waals surface area contributed by atoms with Crippen molar-refractivity contribution in [1.29, 1.82) is 0 Å². The lowest BCUT2D eigenvalue weighted by Crippen LogP contribution is -2.16. The van der Waals surface area contributed by atoms with Crippen LogP contribution in [-0.4, -0.2) is 0 Å². The summed E-state index contributed by atoms with van der Waals surface area (Å²) >= 11 is 3.31. The maximum atomic E-state index is 13.3. The van der Waals surface area contributed by atoms with Gasteiger partial charge in [-0.15, -0.1) is 0 Å². The SMILES string of the molecule is Cc1cc(F)cc(C)c1C(N)c1ccc(F)cc1Br. The van der Waals surface area contributed by atoms with Crippen molar-refractivity contribution in [2.75, 3.05) is 0 Å². The first-order valence-electron chi connectivity index (χ1n) is 5.87. The average Bonchev–Trinajstić information content (AvgIpc) is 2.26. The Morgan fingerprint density at radius 1 is 1.00 bits per heavy atom. The fourth-order valence-corrected chi connectivity index (χ4v) is 2.92. The summed E-state index contributed by atoms with van der Waals surface area (Å²) in [6, 6.07) is 6.89. The molecule has 0 aromatic heterocycles. The molecule has 2 rings (SSSR count). The summed E-state index contributed by atoms with van der Waals surface area (Å²) in [5, 5.41) is 0. The standard InChI is InChI=1S/C15H14BrF2N/c1-8-5-11(18)6-9(2)14(8)15(19)12-4-3-10(17)7-13(12)16/h3-7,15H,19H2,1-2H3. The number of hydrogen-bond acceptors (Lipinski definition) is 1. The Bertz CT molecular complexity index is 603. The van der Waals surface area contributed by atoms with Crippen LogP contribution in [0.15, 0.2) is 34.8 Å². The van der Waals surface area contributed by atoms with E-state index in [9.17, 15) is 8.78 Å². The molecule has 1 atom stereocenters. The first kappa shape index (κ1) is 14.2. The summed E-state index contributed by atoms with van der Waals surface area (Å²) in [6.07, 6.45) is 0. The molecule has 2 aromatic rings. The molecule has 2 N–H and O–H groups in total. The predicted octanol–water partition coefficient (Wildman–Crippen LogP) is 4.39. The minimum atomic E-state index is -0.421. The minimum Gasteiger partial charge on any atom is -0.320 e. The van der Waals surface area contributed by atoms with Crippen molar-refractivity contribution in [3.05, 3.63) is 68.7 Å². The van der Waals surface area contributed by atoms with Crippen LogP contribution in [0.1, 0.15) is 28.3 Å². The van der Waals surface area contributed by atoms with Gasteiger partial charge in [0, 0.05) is 4.47 Å². The van der Waals surface area contributed by atoms with Gasteiger partial charge in [0.15, 0.2) is 0 Å². The van der Waals surface area contributed by atoms with Gasteiger partial charge >= 0.3 is 0 Å². The molecular formula is C15H14BrF2N. The van der Waals surface area contributed by atoms with Crippen molar-refractivity contribution < 1.29 is 8.78 Å². The third-order valence-electron chi connectivity index (χ3n) is 3.17. The highest BCUT2D eigenvalue weighted by Crippen LogP contribution is 2.31. The molecule has 0 saturated heterocycles. The maximum absolute atomic E-state index is 13.3. The molecule has 19 heavy (non-hydrogen) atoms. The van der Waals surface area contributed by atoms with E-state index in [4.69, 9.17) is 5.73 Å². The second-order valence-corrected chi connectivity index (χ2v) is 5.45. The van der Waals surface area contributed by atoms with Gasteiger partial charge in [-0.2, -0.15) is 0 Å². The van der Waals surface area contributed by atoms with Gasteiger partial charge in [0.1, 0.15) is 11.6 Å². The monoisotopic (exact) mass is 325 g/mol. The summed E-state index contributed by atoms with van der Waals surface area (Å²) < 4.78 is 27.0. The molecule has 100 valence electrons. The molecule has 0 aliphatic rings. The number of halogens is 3. The smallest absolute Gasteiger partial charge is 0.124 e. The second-order valence-electron chi connectivity index (χ2n) is 4.60. The Morgan fingerprint density at radius 2 is 1.58 bits per heavy atom. The summed E-state index contributed by atoms with van der Waals surface area (Å²) in [4.78, 5) is 0. The van der Waals surface area contributed by atoms with Gasteiger partial charge in [-0.25, -0.2) is 8.78 Å². The zero-order valence-electron chi connectivity index (χ0n) is 10.7. The number of benzene rings is 2. The molecule has 0 spiro atoms. The average molecular weight is 326 g/mol. The Kier molecular flexibility index (Phi) is 4.02. The molecule has 2 aromatic carbocycles. The Hall–Kier alpha value is -1.26. The van der Waals surface area contributed by atoms with Crippen LogP contribution in [-0.2, 0) is 0 Å². The van der Waals surface area contributed by atoms with Gasteiger partial charge in [-0.05, 0) is 60.4 Å².